The Hall–Kier alpha value is -2.01. The second kappa shape index (κ2) is 4.34. The lowest BCUT2D eigenvalue weighted by Crippen LogP contribution is -2.10. The number of aromatic nitrogens is 2. The van der Waals surface area contributed by atoms with Crippen LogP contribution in [0.15, 0.2) is 24.4 Å². The lowest BCUT2D eigenvalue weighted by Gasteiger charge is -2.00. The smallest absolute Gasteiger partial charge is 0.231 e. The number of fused-ring (bicyclic) bond motifs is 1. The number of hydrogen-bond donors (Lipinski definition) is 1. The molecule has 1 aromatic heterocycles. The van der Waals surface area contributed by atoms with E-state index in [1.54, 1.807) is 0 Å². The van der Waals surface area contributed by atoms with E-state index in [0.29, 0.717) is 13.3 Å². The highest BCUT2D eigenvalue weighted by molar-refractivity contribution is 5.64. The first-order valence-electron chi connectivity index (χ1n) is 5.92. The summed E-state index contributed by atoms with van der Waals surface area (Å²) in [5.41, 5.74) is 7.52. The Morgan fingerprint density at radius 2 is 2.17 bits per heavy atom. The van der Waals surface area contributed by atoms with Gasteiger partial charge in [0, 0.05) is 24.8 Å². The third-order valence-corrected chi connectivity index (χ3v) is 3.01. The summed E-state index contributed by atoms with van der Waals surface area (Å²) in [5.74, 6) is 2.53. The summed E-state index contributed by atoms with van der Waals surface area (Å²) in [5, 5.41) is 0. The molecule has 5 nitrogen and oxygen atoms in total. The highest BCUT2D eigenvalue weighted by Crippen LogP contribution is 2.35. The standard InChI is InChI=1S/C13H15N3O2/c1-9-15-11(7-16(9)5-4-14)10-2-3-12-13(6-10)18-8-17-12/h2-3,6-7H,4-5,8,14H2,1H3. The van der Waals surface area contributed by atoms with E-state index in [4.69, 9.17) is 15.2 Å². The second-order valence-corrected chi connectivity index (χ2v) is 4.22. The summed E-state index contributed by atoms with van der Waals surface area (Å²) >= 11 is 0. The van der Waals surface area contributed by atoms with E-state index in [-0.39, 0.29) is 0 Å². The summed E-state index contributed by atoms with van der Waals surface area (Å²) in [6.45, 7) is 3.66. The van der Waals surface area contributed by atoms with Crippen LogP contribution in [-0.2, 0) is 6.54 Å². The number of imidazole rings is 1. The zero-order valence-corrected chi connectivity index (χ0v) is 10.2. The van der Waals surface area contributed by atoms with Crippen molar-refractivity contribution in [1.29, 1.82) is 0 Å². The van der Waals surface area contributed by atoms with Gasteiger partial charge in [-0.3, -0.25) is 0 Å². The number of nitrogens with two attached hydrogens (primary N) is 1. The predicted molar refractivity (Wildman–Crippen MR) is 67.6 cm³/mol. The maximum atomic E-state index is 5.57. The van der Waals surface area contributed by atoms with Crippen LogP contribution in [-0.4, -0.2) is 22.9 Å². The van der Waals surface area contributed by atoms with Gasteiger partial charge in [0.2, 0.25) is 6.79 Å². The lowest BCUT2D eigenvalue weighted by atomic mass is 10.1. The highest BCUT2D eigenvalue weighted by atomic mass is 16.7. The SMILES string of the molecule is Cc1nc(-c2ccc3c(c2)OCO3)cn1CCN. The van der Waals surface area contributed by atoms with Gasteiger partial charge >= 0.3 is 0 Å². The summed E-state index contributed by atoms with van der Waals surface area (Å²) < 4.78 is 12.7. The minimum Gasteiger partial charge on any atom is -0.454 e. The van der Waals surface area contributed by atoms with Crippen molar-refractivity contribution in [3.05, 3.63) is 30.2 Å². The molecule has 1 aromatic carbocycles. The van der Waals surface area contributed by atoms with Crippen LogP contribution in [0.3, 0.4) is 0 Å². The first-order chi connectivity index (χ1) is 8.78. The summed E-state index contributed by atoms with van der Waals surface area (Å²) in [6, 6.07) is 5.86. The van der Waals surface area contributed by atoms with E-state index in [1.807, 2.05) is 31.3 Å². The van der Waals surface area contributed by atoms with Gasteiger partial charge < -0.3 is 19.8 Å². The summed E-state index contributed by atoms with van der Waals surface area (Å²) in [6.07, 6.45) is 2.01. The molecule has 94 valence electrons. The first-order valence-corrected chi connectivity index (χ1v) is 5.92. The summed E-state index contributed by atoms with van der Waals surface area (Å²) in [7, 11) is 0. The van der Waals surface area contributed by atoms with Gasteiger partial charge in [0.25, 0.3) is 0 Å². The molecule has 18 heavy (non-hydrogen) atoms. The quantitative estimate of drug-likeness (QED) is 0.891. The fraction of sp³-hybridized carbons (Fsp3) is 0.308. The Labute approximate surface area is 105 Å². The van der Waals surface area contributed by atoms with Crippen LogP contribution in [0.5, 0.6) is 11.5 Å². The zero-order valence-electron chi connectivity index (χ0n) is 10.2. The van der Waals surface area contributed by atoms with E-state index < -0.39 is 0 Å². The average molecular weight is 245 g/mol. The van der Waals surface area contributed by atoms with Crippen LogP contribution in [0.1, 0.15) is 5.82 Å². The number of nitrogens with zero attached hydrogens (tertiary/aromatic N) is 2. The third-order valence-electron chi connectivity index (χ3n) is 3.01. The Morgan fingerprint density at radius 3 is 3.00 bits per heavy atom. The monoisotopic (exact) mass is 245 g/mol. The molecule has 1 aliphatic rings. The Balaban J connectivity index is 1.97. The van der Waals surface area contributed by atoms with Gasteiger partial charge in [-0.15, -0.1) is 0 Å². The van der Waals surface area contributed by atoms with Gasteiger partial charge in [-0.05, 0) is 25.1 Å². The fourth-order valence-corrected chi connectivity index (χ4v) is 2.07. The van der Waals surface area contributed by atoms with E-state index >= 15 is 0 Å². The number of aryl methyl sites for hydroxylation is 1. The molecule has 2 N–H and O–H groups in total. The summed E-state index contributed by atoms with van der Waals surface area (Å²) in [4.78, 5) is 4.54. The molecule has 0 aliphatic carbocycles. The molecule has 2 heterocycles. The van der Waals surface area contributed by atoms with Crippen LogP contribution in [0.25, 0.3) is 11.3 Å². The van der Waals surface area contributed by atoms with E-state index in [0.717, 1.165) is 35.1 Å². The maximum absolute atomic E-state index is 5.57. The molecule has 0 unspecified atom stereocenters. The minimum absolute atomic E-state index is 0.291. The van der Waals surface area contributed by atoms with Gasteiger partial charge in [-0.1, -0.05) is 0 Å². The molecular weight excluding hydrogens is 230 g/mol. The van der Waals surface area contributed by atoms with Gasteiger partial charge in [-0.25, -0.2) is 4.98 Å². The Bertz CT molecular complexity index is 578. The van der Waals surface area contributed by atoms with Crippen LogP contribution in [0.2, 0.25) is 0 Å². The van der Waals surface area contributed by atoms with Gasteiger partial charge in [0.15, 0.2) is 11.5 Å². The number of benzene rings is 1. The molecule has 0 atom stereocenters. The molecule has 5 heteroatoms. The minimum atomic E-state index is 0.291. The topological polar surface area (TPSA) is 62.3 Å². The molecule has 0 amide bonds. The van der Waals surface area contributed by atoms with Crippen molar-refractivity contribution < 1.29 is 9.47 Å². The van der Waals surface area contributed by atoms with Crippen LogP contribution in [0, 0.1) is 6.92 Å². The van der Waals surface area contributed by atoms with Crippen molar-refractivity contribution in [2.75, 3.05) is 13.3 Å². The molecule has 2 aromatic rings. The van der Waals surface area contributed by atoms with Crippen molar-refractivity contribution in [1.82, 2.24) is 9.55 Å². The fourth-order valence-electron chi connectivity index (χ4n) is 2.07. The van der Waals surface area contributed by atoms with Crippen molar-refractivity contribution in [2.45, 2.75) is 13.5 Å². The molecule has 3 rings (SSSR count). The second-order valence-electron chi connectivity index (χ2n) is 4.22. The third kappa shape index (κ3) is 1.82. The van der Waals surface area contributed by atoms with Crippen LogP contribution in [0.4, 0.5) is 0 Å². The molecule has 0 radical (unpaired) electrons. The molecule has 1 aliphatic heterocycles. The van der Waals surface area contributed by atoms with Crippen molar-refractivity contribution in [3.8, 4) is 22.8 Å². The maximum Gasteiger partial charge on any atom is 0.231 e. The van der Waals surface area contributed by atoms with Gasteiger partial charge in [0.05, 0.1) is 5.69 Å². The Morgan fingerprint density at radius 1 is 1.33 bits per heavy atom. The Kier molecular flexibility index (Phi) is 2.68. The van der Waals surface area contributed by atoms with Gasteiger partial charge in [-0.2, -0.15) is 0 Å². The van der Waals surface area contributed by atoms with E-state index in [1.165, 1.54) is 0 Å². The van der Waals surface area contributed by atoms with Crippen LogP contribution < -0.4 is 15.2 Å². The molecule has 0 fully saturated rings. The highest BCUT2D eigenvalue weighted by Gasteiger charge is 2.15. The van der Waals surface area contributed by atoms with Crippen molar-refractivity contribution in [2.24, 2.45) is 5.73 Å². The van der Waals surface area contributed by atoms with Crippen molar-refractivity contribution in [3.63, 3.8) is 0 Å². The number of rotatable bonds is 3. The molecule has 0 bridgehead atoms. The molecule has 0 saturated heterocycles. The normalized spacial score (nSPS) is 13.0. The lowest BCUT2D eigenvalue weighted by molar-refractivity contribution is 0.174. The predicted octanol–water partition coefficient (Wildman–Crippen LogP) is 1.55. The van der Waals surface area contributed by atoms with E-state index in [9.17, 15) is 0 Å². The average Bonchev–Trinajstić information content (AvgIpc) is 2.96. The number of ether oxygens (including phenoxy) is 2. The largest absolute Gasteiger partial charge is 0.454 e. The molecule has 0 spiro atoms. The van der Waals surface area contributed by atoms with Crippen molar-refractivity contribution >= 4 is 0 Å². The van der Waals surface area contributed by atoms with Crippen LogP contribution >= 0.6 is 0 Å². The molecular formula is C13H15N3O2. The first kappa shape index (κ1) is 11.1. The van der Waals surface area contributed by atoms with Gasteiger partial charge in [0.1, 0.15) is 5.82 Å². The number of hydrogen-bond acceptors (Lipinski definition) is 4. The van der Waals surface area contributed by atoms with E-state index in [2.05, 4.69) is 9.55 Å². The molecule has 0 saturated carbocycles. The zero-order chi connectivity index (χ0) is 12.5.